The first-order valence-electron chi connectivity index (χ1n) is 3.75. The molecule has 0 spiro atoms. The van der Waals surface area contributed by atoms with Gasteiger partial charge in [-0.05, 0) is 6.92 Å². The Hall–Kier alpha value is -0.580. The molecule has 1 fully saturated rings. The Balaban J connectivity index is 2.66. The first kappa shape index (κ1) is 10.5. The van der Waals surface area contributed by atoms with Crippen molar-refractivity contribution in [3.05, 3.63) is 0 Å². The van der Waals surface area contributed by atoms with Crippen molar-refractivity contribution < 1.29 is 27.9 Å². The zero-order valence-electron chi connectivity index (χ0n) is 7.39. The van der Waals surface area contributed by atoms with Gasteiger partial charge in [-0.15, -0.1) is 0 Å². The van der Waals surface area contributed by atoms with Gasteiger partial charge in [-0.2, -0.15) is 0 Å². The molecular formula is C6H11O6P. The summed E-state index contributed by atoms with van der Waals surface area (Å²) in [5, 5.41) is 0. The summed E-state index contributed by atoms with van der Waals surface area (Å²) in [4.78, 5) is 10.5. The van der Waals surface area contributed by atoms with Crippen molar-refractivity contribution in [3.8, 4) is 0 Å². The van der Waals surface area contributed by atoms with Gasteiger partial charge in [-0.1, -0.05) is 0 Å². The number of carbonyl (C=O) groups excluding carboxylic acids is 1. The highest BCUT2D eigenvalue weighted by atomic mass is 31.2. The standard InChI is InChI=1S/C6H11O6P/c1-3-11-13(8,9-2)5-4-10-6(7)12-5/h5H,3-4H2,1-2H3. The predicted molar refractivity (Wildman–Crippen MR) is 42.5 cm³/mol. The van der Waals surface area contributed by atoms with Crippen molar-refractivity contribution >= 4 is 13.8 Å². The van der Waals surface area contributed by atoms with Gasteiger partial charge in [0.15, 0.2) is 0 Å². The van der Waals surface area contributed by atoms with Crippen molar-refractivity contribution in [1.29, 1.82) is 0 Å². The molecule has 1 heterocycles. The second-order valence-corrected chi connectivity index (χ2v) is 4.55. The fourth-order valence-corrected chi connectivity index (χ4v) is 2.25. The Morgan fingerprint density at radius 2 is 2.38 bits per heavy atom. The van der Waals surface area contributed by atoms with Crippen molar-refractivity contribution in [2.45, 2.75) is 12.8 Å². The van der Waals surface area contributed by atoms with E-state index >= 15 is 0 Å². The van der Waals surface area contributed by atoms with Crippen molar-refractivity contribution in [1.82, 2.24) is 0 Å². The Morgan fingerprint density at radius 1 is 1.69 bits per heavy atom. The molecule has 0 aromatic carbocycles. The van der Waals surface area contributed by atoms with Crippen LogP contribution in [0.4, 0.5) is 4.79 Å². The van der Waals surface area contributed by atoms with Gasteiger partial charge in [0.25, 0.3) is 0 Å². The van der Waals surface area contributed by atoms with E-state index in [0.29, 0.717) is 0 Å². The summed E-state index contributed by atoms with van der Waals surface area (Å²) in [6.45, 7) is 1.80. The molecule has 0 aromatic rings. The summed E-state index contributed by atoms with van der Waals surface area (Å²) in [6.07, 6.45) is -0.845. The van der Waals surface area contributed by atoms with Crippen LogP contribution >= 0.6 is 7.60 Å². The normalized spacial score (nSPS) is 26.3. The third-order valence-electron chi connectivity index (χ3n) is 1.49. The van der Waals surface area contributed by atoms with Crippen LogP contribution in [0.2, 0.25) is 0 Å². The lowest BCUT2D eigenvalue weighted by molar-refractivity contribution is 0.120. The van der Waals surface area contributed by atoms with Gasteiger partial charge < -0.3 is 18.5 Å². The molecule has 7 heteroatoms. The van der Waals surface area contributed by atoms with Gasteiger partial charge in [-0.25, -0.2) is 4.79 Å². The van der Waals surface area contributed by atoms with E-state index in [9.17, 15) is 9.36 Å². The molecule has 13 heavy (non-hydrogen) atoms. The summed E-state index contributed by atoms with van der Waals surface area (Å²) in [5.74, 6) is -0.940. The molecular weight excluding hydrogens is 199 g/mol. The molecule has 76 valence electrons. The van der Waals surface area contributed by atoms with Crippen LogP contribution in [-0.4, -0.2) is 32.3 Å². The van der Waals surface area contributed by atoms with E-state index < -0.39 is 19.6 Å². The van der Waals surface area contributed by atoms with Crippen LogP contribution in [0.3, 0.4) is 0 Å². The van der Waals surface area contributed by atoms with Gasteiger partial charge in [-0.3, -0.25) is 4.57 Å². The van der Waals surface area contributed by atoms with Crippen LogP contribution in [-0.2, 0) is 23.1 Å². The number of rotatable bonds is 4. The first-order chi connectivity index (χ1) is 6.12. The van der Waals surface area contributed by atoms with Gasteiger partial charge in [0, 0.05) is 7.11 Å². The molecule has 2 atom stereocenters. The van der Waals surface area contributed by atoms with Gasteiger partial charge >= 0.3 is 13.8 Å². The van der Waals surface area contributed by atoms with E-state index in [-0.39, 0.29) is 13.2 Å². The highest BCUT2D eigenvalue weighted by Gasteiger charge is 2.43. The topological polar surface area (TPSA) is 71.1 Å². The van der Waals surface area contributed by atoms with E-state index in [1.165, 1.54) is 7.11 Å². The molecule has 2 unspecified atom stereocenters. The Labute approximate surface area is 75.6 Å². The predicted octanol–water partition coefficient (Wildman–Crippen LogP) is 1.36. The molecule has 0 bridgehead atoms. The fraction of sp³-hybridized carbons (Fsp3) is 0.833. The smallest absolute Gasteiger partial charge is 0.430 e. The summed E-state index contributed by atoms with van der Waals surface area (Å²) in [6, 6.07) is 0. The molecule has 1 saturated heterocycles. The van der Waals surface area contributed by atoms with Gasteiger partial charge in [0.05, 0.1) is 6.61 Å². The van der Waals surface area contributed by atoms with Crippen LogP contribution in [0.25, 0.3) is 0 Å². The quantitative estimate of drug-likeness (QED) is 0.515. The molecule has 1 aliphatic heterocycles. The summed E-state index contributed by atoms with van der Waals surface area (Å²) in [7, 11) is -2.11. The Bertz CT molecular complexity index is 239. The highest BCUT2D eigenvalue weighted by Crippen LogP contribution is 2.54. The average molecular weight is 210 g/mol. The number of ether oxygens (including phenoxy) is 2. The number of cyclic esters (lactones) is 2. The van der Waals surface area contributed by atoms with Crippen molar-refractivity contribution in [2.75, 3.05) is 20.3 Å². The minimum Gasteiger partial charge on any atom is -0.430 e. The zero-order valence-corrected chi connectivity index (χ0v) is 8.28. The SMILES string of the molecule is CCOP(=O)(OC)C1COC(=O)O1. The average Bonchev–Trinajstić information content (AvgIpc) is 2.52. The molecule has 0 amide bonds. The Kier molecular flexibility index (Phi) is 3.30. The molecule has 0 radical (unpaired) electrons. The van der Waals surface area contributed by atoms with E-state index in [0.717, 1.165) is 0 Å². The molecule has 0 aromatic heterocycles. The first-order valence-corrected chi connectivity index (χ1v) is 5.37. The molecule has 6 nitrogen and oxygen atoms in total. The van der Waals surface area contributed by atoms with E-state index in [1.807, 2.05) is 0 Å². The van der Waals surface area contributed by atoms with Crippen LogP contribution in [0, 0.1) is 0 Å². The molecule has 1 aliphatic rings. The number of hydrogen-bond donors (Lipinski definition) is 0. The second-order valence-electron chi connectivity index (χ2n) is 2.27. The van der Waals surface area contributed by atoms with Crippen molar-refractivity contribution in [2.24, 2.45) is 0 Å². The minimum atomic E-state index is -3.35. The fourth-order valence-electron chi connectivity index (χ4n) is 0.908. The largest absolute Gasteiger partial charge is 0.509 e. The van der Waals surface area contributed by atoms with Crippen LogP contribution in [0.1, 0.15) is 6.92 Å². The van der Waals surface area contributed by atoms with Gasteiger partial charge in [0.2, 0.25) is 5.85 Å². The van der Waals surface area contributed by atoms with Crippen molar-refractivity contribution in [3.63, 3.8) is 0 Å². The summed E-state index contributed by atoms with van der Waals surface area (Å²) in [5.41, 5.74) is 0. The maximum absolute atomic E-state index is 11.7. The second kappa shape index (κ2) is 4.09. The Morgan fingerprint density at radius 3 is 2.77 bits per heavy atom. The maximum atomic E-state index is 11.7. The van der Waals surface area contributed by atoms with E-state index in [2.05, 4.69) is 14.0 Å². The van der Waals surface area contributed by atoms with E-state index in [1.54, 1.807) is 6.92 Å². The van der Waals surface area contributed by atoms with Gasteiger partial charge in [0.1, 0.15) is 6.61 Å². The molecule has 0 saturated carbocycles. The molecule has 0 N–H and O–H groups in total. The van der Waals surface area contributed by atoms with Crippen LogP contribution in [0.5, 0.6) is 0 Å². The lowest BCUT2D eigenvalue weighted by Crippen LogP contribution is -2.14. The van der Waals surface area contributed by atoms with Crippen LogP contribution in [0.15, 0.2) is 0 Å². The lowest BCUT2D eigenvalue weighted by atomic mass is 10.8. The third-order valence-corrected chi connectivity index (χ3v) is 3.58. The minimum absolute atomic E-state index is 0.0933. The molecule has 1 rings (SSSR count). The zero-order chi connectivity index (χ0) is 9.90. The number of carbonyl (C=O) groups is 1. The van der Waals surface area contributed by atoms with Crippen LogP contribution < -0.4 is 0 Å². The third kappa shape index (κ3) is 2.21. The summed E-state index contributed by atoms with van der Waals surface area (Å²) < 4.78 is 30.4. The monoisotopic (exact) mass is 210 g/mol. The number of hydrogen-bond acceptors (Lipinski definition) is 6. The summed E-state index contributed by atoms with van der Waals surface area (Å²) >= 11 is 0. The maximum Gasteiger partial charge on any atom is 0.509 e. The molecule has 0 aliphatic carbocycles. The van der Waals surface area contributed by atoms with E-state index in [4.69, 9.17) is 4.52 Å². The lowest BCUT2D eigenvalue weighted by Gasteiger charge is -2.18. The highest BCUT2D eigenvalue weighted by molar-refractivity contribution is 7.54.